The lowest BCUT2D eigenvalue weighted by Gasteiger charge is -2.44. The maximum Gasteiger partial charge on any atom is 0.414 e. The van der Waals surface area contributed by atoms with Gasteiger partial charge in [0.2, 0.25) is 0 Å². The van der Waals surface area contributed by atoms with Crippen LogP contribution in [0, 0.1) is 11.7 Å². The third-order valence-electron chi connectivity index (χ3n) is 7.20. The highest BCUT2D eigenvalue weighted by Gasteiger charge is 2.43. The molecule has 0 aliphatic heterocycles. The molecule has 0 unspecified atom stereocenters. The van der Waals surface area contributed by atoms with Crippen LogP contribution in [0.15, 0.2) is 42.5 Å². The minimum absolute atomic E-state index is 0.0424. The standard InChI is InChI=1S/C26H34FN3O.2C2H2O4/c1-18(2)25-21-11-10-20(27)17-19(21)12-13-26(25,31)14-16-30(3)15-6-9-24-28-22-7-4-5-8-23(22)29-24;2*3-1(4)2(5)6/h4-5,7-8,10-11,17-18,25,31H,6,9,12-16H2,1-3H3,(H,28,29);2*(H,3,4)(H,5,6)/t25-,26-;;/m0../s1. The first-order valence-corrected chi connectivity index (χ1v) is 13.7. The van der Waals surface area contributed by atoms with E-state index in [1.807, 2.05) is 24.3 Å². The van der Waals surface area contributed by atoms with Crippen molar-refractivity contribution in [1.82, 2.24) is 14.9 Å². The molecule has 0 bridgehead atoms. The second-order valence-corrected chi connectivity index (χ2v) is 10.7. The predicted octanol–water partition coefficient (Wildman–Crippen LogP) is 3.38. The Labute approximate surface area is 247 Å². The highest BCUT2D eigenvalue weighted by molar-refractivity contribution is 6.27. The van der Waals surface area contributed by atoms with Crippen molar-refractivity contribution < 1.29 is 49.1 Å². The summed E-state index contributed by atoms with van der Waals surface area (Å²) in [6, 6.07) is 13.2. The number of aromatic nitrogens is 2. The summed E-state index contributed by atoms with van der Waals surface area (Å²) in [6.45, 7) is 6.12. The van der Waals surface area contributed by atoms with Gasteiger partial charge in [0, 0.05) is 18.9 Å². The fraction of sp³-hybridized carbons (Fsp3) is 0.433. The number of nitrogens with zero attached hydrogens (tertiary/aromatic N) is 2. The predicted molar refractivity (Wildman–Crippen MR) is 154 cm³/mol. The first-order chi connectivity index (χ1) is 20.1. The summed E-state index contributed by atoms with van der Waals surface area (Å²) in [4.78, 5) is 46.8. The van der Waals surface area contributed by atoms with Gasteiger partial charge in [0.15, 0.2) is 0 Å². The molecule has 2 atom stereocenters. The number of benzene rings is 2. The van der Waals surface area contributed by atoms with Crippen molar-refractivity contribution in [2.75, 3.05) is 20.1 Å². The minimum Gasteiger partial charge on any atom is -0.473 e. The Bertz CT molecular complexity index is 1340. The number of H-pyrrole nitrogens is 1. The molecule has 234 valence electrons. The van der Waals surface area contributed by atoms with Crippen LogP contribution in [0.1, 0.15) is 56.0 Å². The number of hydrogen-bond donors (Lipinski definition) is 6. The van der Waals surface area contributed by atoms with E-state index in [1.54, 1.807) is 6.07 Å². The van der Waals surface area contributed by atoms with E-state index >= 15 is 0 Å². The highest BCUT2D eigenvalue weighted by atomic mass is 19.1. The molecule has 1 heterocycles. The van der Waals surface area contributed by atoms with E-state index in [1.165, 1.54) is 6.07 Å². The summed E-state index contributed by atoms with van der Waals surface area (Å²) in [6.07, 6.45) is 4.09. The molecule has 6 N–H and O–H groups in total. The molecule has 2 aromatic carbocycles. The Morgan fingerprint density at radius 1 is 1.00 bits per heavy atom. The largest absolute Gasteiger partial charge is 0.473 e. The molecule has 3 aromatic rings. The molecule has 0 amide bonds. The van der Waals surface area contributed by atoms with Gasteiger partial charge in [0.1, 0.15) is 11.6 Å². The van der Waals surface area contributed by atoms with Crippen LogP contribution in [-0.2, 0) is 32.0 Å². The van der Waals surface area contributed by atoms with Gasteiger partial charge in [0.25, 0.3) is 0 Å². The van der Waals surface area contributed by atoms with Crippen molar-refractivity contribution in [3.63, 3.8) is 0 Å². The van der Waals surface area contributed by atoms with Crippen molar-refractivity contribution in [1.29, 1.82) is 0 Å². The lowest BCUT2D eigenvalue weighted by molar-refractivity contribution is -0.159. The van der Waals surface area contributed by atoms with Gasteiger partial charge >= 0.3 is 23.9 Å². The van der Waals surface area contributed by atoms with Crippen LogP contribution in [0.4, 0.5) is 4.39 Å². The van der Waals surface area contributed by atoms with Gasteiger partial charge in [-0.15, -0.1) is 0 Å². The first-order valence-electron chi connectivity index (χ1n) is 13.7. The normalized spacial score (nSPS) is 17.3. The van der Waals surface area contributed by atoms with Gasteiger partial charge in [-0.3, -0.25) is 0 Å². The third-order valence-corrected chi connectivity index (χ3v) is 7.20. The molecule has 0 spiro atoms. The van der Waals surface area contributed by atoms with Crippen LogP contribution >= 0.6 is 0 Å². The summed E-state index contributed by atoms with van der Waals surface area (Å²) in [5.74, 6) is -6.11. The zero-order chi connectivity index (χ0) is 32.3. The molecular formula is C30H38FN3O9. The van der Waals surface area contributed by atoms with Crippen molar-refractivity contribution in [3.8, 4) is 0 Å². The van der Waals surface area contributed by atoms with E-state index in [0.717, 1.165) is 66.8 Å². The number of carboxylic acid groups (broad SMARTS) is 4. The summed E-state index contributed by atoms with van der Waals surface area (Å²) in [7, 11) is 2.12. The number of hydrogen-bond acceptors (Lipinski definition) is 7. The zero-order valence-electron chi connectivity index (χ0n) is 24.3. The molecule has 1 aliphatic rings. The number of aryl methyl sites for hydroxylation is 2. The molecule has 0 fully saturated rings. The van der Waals surface area contributed by atoms with Crippen molar-refractivity contribution in [2.24, 2.45) is 5.92 Å². The SMILES string of the molecule is CC(C)[C@H]1c2ccc(F)cc2CC[C@]1(O)CCN(C)CCCc1nc2ccccc2[nH]1.O=C(O)C(=O)O.O=C(O)C(=O)O. The van der Waals surface area contributed by atoms with Crippen LogP contribution < -0.4 is 0 Å². The molecule has 1 aliphatic carbocycles. The minimum atomic E-state index is -1.82. The Morgan fingerprint density at radius 2 is 1.60 bits per heavy atom. The molecule has 0 saturated carbocycles. The van der Waals surface area contributed by atoms with Gasteiger partial charge in [-0.25, -0.2) is 28.6 Å². The second-order valence-electron chi connectivity index (χ2n) is 10.7. The van der Waals surface area contributed by atoms with E-state index in [-0.39, 0.29) is 11.7 Å². The lowest BCUT2D eigenvalue weighted by Crippen LogP contribution is -2.45. The summed E-state index contributed by atoms with van der Waals surface area (Å²) >= 11 is 0. The van der Waals surface area contributed by atoms with Crippen LogP contribution in [0.3, 0.4) is 0 Å². The van der Waals surface area contributed by atoms with Gasteiger partial charge in [-0.2, -0.15) is 0 Å². The van der Waals surface area contributed by atoms with Crippen LogP contribution in [0.2, 0.25) is 0 Å². The van der Waals surface area contributed by atoms with E-state index < -0.39 is 29.5 Å². The molecule has 0 radical (unpaired) electrons. The Morgan fingerprint density at radius 3 is 2.16 bits per heavy atom. The number of aliphatic hydroxyl groups is 1. The number of fused-ring (bicyclic) bond motifs is 2. The molecular weight excluding hydrogens is 565 g/mol. The molecule has 13 heteroatoms. The summed E-state index contributed by atoms with van der Waals surface area (Å²) in [5.41, 5.74) is 3.54. The van der Waals surface area contributed by atoms with E-state index in [4.69, 9.17) is 39.6 Å². The fourth-order valence-electron chi connectivity index (χ4n) is 5.29. The van der Waals surface area contributed by atoms with E-state index in [9.17, 15) is 9.50 Å². The number of carboxylic acids is 4. The average molecular weight is 604 g/mol. The number of carbonyl (C=O) groups is 4. The molecule has 43 heavy (non-hydrogen) atoms. The summed E-state index contributed by atoms with van der Waals surface area (Å²) in [5, 5.41) is 41.2. The second kappa shape index (κ2) is 15.8. The van der Waals surface area contributed by atoms with Crippen molar-refractivity contribution >= 4 is 34.9 Å². The maximum absolute atomic E-state index is 13.7. The number of aromatic amines is 1. The van der Waals surface area contributed by atoms with Crippen molar-refractivity contribution in [2.45, 2.75) is 57.5 Å². The van der Waals surface area contributed by atoms with Gasteiger partial charge in [0.05, 0.1) is 16.6 Å². The van der Waals surface area contributed by atoms with Gasteiger partial charge in [-0.1, -0.05) is 32.0 Å². The Hall–Kier alpha value is -4.36. The number of aliphatic carboxylic acids is 4. The smallest absolute Gasteiger partial charge is 0.414 e. The van der Waals surface area contributed by atoms with Crippen LogP contribution in [-0.4, -0.2) is 90.0 Å². The van der Waals surface area contributed by atoms with Crippen LogP contribution in [0.25, 0.3) is 11.0 Å². The molecule has 0 saturated heterocycles. The summed E-state index contributed by atoms with van der Waals surface area (Å²) < 4.78 is 13.7. The van der Waals surface area contributed by atoms with Crippen molar-refractivity contribution in [3.05, 3.63) is 65.2 Å². The number of rotatable bonds is 8. The molecule has 1 aromatic heterocycles. The average Bonchev–Trinajstić information content (AvgIpc) is 3.35. The highest BCUT2D eigenvalue weighted by Crippen LogP contribution is 2.45. The third kappa shape index (κ3) is 10.5. The number of imidazole rings is 1. The lowest BCUT2D eigenvalue weighted by atomic mass is 9.66. The Balaban J connectivity index is 0.000000455. The quantitative estimate of drug-likeness (QED) is 0.206. The number of para-hydroxylation sites is 2. The number of nitrogens with one attached hydrogen (secondary N) is 1. The zero-order valence-corrected chi connectivity index (χ0v) is 24.3. The topological polar surface area (TPSA) is 201 Å². The first kappa shape index (κ1) is 34.8. The molecule has 4 rings (SSSR count). The van der Waals surface area contributed by atoms with Gasteiger partial charge in [-0.05, 0) is 80.6 Å². The van der Waals surface area contributed by atoms with Crippen LogP contribution in [0.5, 0.6) is 0 Å². The number of halogens is 1. The van der Waals surface area contributed by atoms with E-state index in [2.05, 4.69) is 41.8 Å². The fourth-order valence-corrected chi connectivity index (χ4v) is 5.29. The van der Waals surface area contributed by atoms with Gasteiger partial charge < -0.3 is 35.4 Å². The van der Waals surface area contributed by atoms with E-state index in [0.29, 0.717) is 12.3 Å². The Kier molecular flexibility index (Phi) is 12.8. The molecule has 12 nitrogen and oxygen atoms in total. The monoisotopic (exact) mass is 603 g/mol. The maximum atomic E-state index is 13.7.